The number of sulfone groups is 1. The van der Waals surface area contributed by atoms with E-state index in [-0.39, 0.29) is 6.04 Å². The molecule has 6 heteroatoms. The van der Waals surface area contributed by atoms with Gasteiger partial charge < -0.3 is 14.8 Å². The van der Waals surface area contributed by atoms with Crippen LogP contribution in [-0.4, -0.2) is 28.4 Å². The lowest BCUT2D eigenvalue weighted by Gasteiger charge is -2.20. The first-order valence-electron chi connectivity index (χ1n) is 8.38. The predicted octanol–water partition coefficient (Wildman–Crippen LogP) is 3.79. The molecular formula is C20H25NO4S. The summed E-state index contributed by atoms with van der Waals surface area (Å²) in [6, 6.07) is 15.1. The van der Waals surface area contributed by atoms with Gasteiger partial charge in [-0.15, -0.1) is 0 Å². The van der Waals surface area contributed by atoms with Crippen LogP contribution < -0.4 is 14.8 Å². The Hall–Kier alpha value is -2.47. The lowest BCUT2D eigenvalue weighted by Crippen LogP contribution is -2.18. The van der Waals surface area contributed by atoms with Gasteiger partial charge in [0.2, 0.25) is 0 Å². The molecule has 0 saturated heterocycles. The molecule has 2 aromatic carbocycles. The summed E-state index contributed by atoms with van der Waals surface area (Å²) in [6.07, 6.45) is 1.18. The summed E-state index contributed by atoms with van der Waals surface area (Å²) in [5, 5.41) is 4.54. The monoisotopic (exact) mass is 375 g/mol. The zero-order chi connectivity index (χ0) is 19.2. The lowest BCUT2D eigenvalue weighted by molar-refractivity contribution is 0.311. The van der Waals surface area contributed by atoms with E-state index in [0.717, 1.165) is 5.56 Å². The first-order valence-corrected chi connectivity index (χ1v) is 10.3. The largest absolute Gasteiger partial charge is 0.493 e. The number of hydrogen-bond donors (Lipinski definition) is 1. The van der Waals surface area contributed by atoms with E-state index in [9.17, 15) is 8.42 Å². The van der Waals surface area contributed by atoms with Crippen molar-refractivity contribution in [2.75, 3.05) is 20.0 Å². The van der Waals surface area contributed by atoms with Gasteiger partial charge in [-0.2, -0.15) is 0 Å². The van der Waals surface area contributed by atoms with Crippen molar-refractivity contribution >= 4 is 15.5 Å². The molecule has 140 valence electrons. The third kappa shape index (κ3) is 5.52. The molecule has 0 saturated carbocycles. The van der Waals surface area contributed by atoms with E-state index in [1.54, 1.807) is 19.2 Å². The van der Waals surface area contributed by atoms with Crippen molar-refractivity contribution < 1.29 is 17.9 Å². The van der Waals surface area contributed by atoms with Gasteiger partial charge in [-0.3, -0.25) is 0 Å². The summed E-state index contributed by atoms with van der Waals surface area (Å²) < 4.78 is 34.7. The van der Waals surface area contributed by atoms with Crippen LogP contribution in [0.1, 0.15) is 31.0 Å². The maximum atomic E-state index is 11.9. The Labute approximate surface area is 155 Å². The summed E-state index contributed by atoms with van der Waals surface area (Å²) >= 11 is 0. The summed E-state index contributed by atoms with van der Waals surface area (Å²) in [6.45, 7) is 4.35. The lowest BCUT2D eigenvalue weighted by atomic mass is 10.1. The molecule has 0 aliphatic carbocycles. The van der Waals surface area contributed by atoms with Crippen molar-refractivity contribution in [3.63, 3.8) is 0 Å². The van der Waals surface area contributed by atoms with Gasteiger partial charge in [0.1, 0.15) is 0 Å². The van der Waals surface area contributed by atoms with Gasteiger partial charge in [0.05, 0.1) is 24.8 Å². The average Bonchev–Trinajstić information content (AvgIpc) is 2.61. The highest BCUT2D eigenvalue weighted by atomic mass is 32.2. The summed E-state index contributed by atoms with van der Waals surface area (Å²) in [4.78, 5) is 0. The van der Waals surface area contributed by atoms with Crippen LogP contribution in [0.25, 0.3) is 5.70 Å². The third-order valence-corrected chi connectivity index (χ3v) is 4.44. The molecule has 0 aliphatic rings. The highest BCUT2D eigenvalue weighted by Gasteiger charge is 2.14. The number of benzene rings is 2. The van der Waals surface area contributed by atoms with Crippen LogP contribution in [0.4, 0.5) is 0 Å². The number of methoxy groups -OCH3 is 1. The number of hydrogen-bond acceptors (Lipinski definition) is 5. The van der Waals surface area contributed by atoms with E-state index >= 15 is 0 Å². The van der Waals surface area contributed by atoms with Crippen molar-refractivity contribution in [1.29, 1.82) is 0 Å². The fourth-order valence-electron chi connectivity index (χ4n) is 2.57. The van der Waals surface area contributed by atoms with Crippen LogP contribution in [-0.2, 0) is 9.84 Å². The van der Waals surface area contributed by atoms with Crippen molar-refractivity contribution in [2.24, 2.45) is 0 Å². The van der Waals surface area contributed by atoms with Crippen molar-refractivity contribution in [3.05, 3.63) is 65.1 Å². The fraction of sp³-hybridized carbons (Fsp3) is 0.300. The zero-order valence-electron chi connectivity index (χ0n) is 15.5. The van der Waals surface area contributed by atoms with E-state index in [1.807, 2.05) is 50.2 Å². The molecule has 0 aliphatic heterocycles. The molecule has 0 unspecified atom stereocenters. The van der Waals surface area contributed by atoms with Crippen LogP contribution >= 0.6 is 0 Å². The molecule has 1 atom stereocenters. The van der Waals surface area contributed by atoms with Gasteiger partial charge in [0.15, 0.2) is 21.3 Å². The highest BCUT2D eigenvalue weighted by Crippen LogP contribution is 2.31. The van der Waals surface area contributed by atoms with E-state index in [0.29, 0.717) is 29.4 Å². The molecule has 2 aromatic rings. The molecule has 26 heavy (non-hydrogen) atoms. The van der Waals surface area contributed by atoms with Crippen molar-refractivity contribution in [2.45, 2.75) is 19.9 Å². The predicted molar refractivity (Wildman–Crippen MR) is 105 cm³/mol. The highest BCUT2D eigenvalue weighted by molar-refractivity contribution is 7.93. The minimum atomic E-state index is -3.34. The van der Waals surface area contributed by atoms with Crippen LogP contribution in [0.3, 0.4) is 0 Å². The number of ether oxygens (including phenoxy) is 2. The Kier molecular flexibility index (Phi) is 6.69. The number of nitrogens with one attached hydrogen (secondary N) is 1. The maximum absolute atomic E-state index is 11.9. The van der Waals surface area contributed by atoms with E-state index in [2.05, 4.69) is 5.32 Å². The molecule has 5 nitrogen and oxygen atoms in total. The molecule has 0 aromatic heterocycles. The first-order chi connectivity index (χ1) is 12.3. The normalized spacial score (nSPS) is 13.2. The molecule has 0 bridgehead atoms. The summed E-state index contributed by atoms with van der Waals surface area (Å²) in [7, 11) is -1.77. The Balaban J connectivity index is 2.43. The second-order valence-electron chi connectivity index (χ2n) is 5.94. The average molecular weight is 375 g/mol. The molecule has 0 spiro atoms. The van der Waals surface area contributed by atoms with E-state index < -0.39 is 9.84 Å². The molecule has 0 heterocycles. The van der Waals surface area contributed by atoms with Gasteiger partial charge in [0, 0.05) is 17.9 Å². The minimum Gasteiger partial charge on any atom is -0.493 e. The molecule has 1 N–H and O–H groups in total. The second kappa shape index (κ2) is 8.76. The fourth-order valence-corrected chi connectivity index (χ4v) is 3.20. The zero-order valence-corrected chi connectivity index (χ0v) is 16.3. The molecule has 0 radical (unpaired) electrons. The van der Waals surface area contributed by atoms with Crippen molar-refractivity contribution in [1.82, 2.24) is 5.32 Å². The van der Waals surface area contributed by atoms with Gasteiger partial charge >= 0.3 is 0 Å². The molecular weight excluding hydrogens is 350 g/mol. The SMILES string of the molecule is CCOc1cc(/C(=C\S(C)(=O)=O)N[C@@H](C)c2ccccc2)ccc1OC. The molecule has 0 amide bonds. The van der Waals surface area contributed by atoms with E-state index in [1.165, 1.54) is 11.7 Å². The Morgan fingerprint density at radius 1 is 1.15 bits per heavy atom. The van der Waals surface area contributed by atoms with Crippen LogP contribution in [0, 0.1) is 0 Å². The van der Waals surface area contributed by atoms with Gasteiger partial charge in [0.25, 0.3) is 0 Å². The Morgan fingerprint density at radius 3 is 2.42 bits per heavy atom. The van der Waals surface area contributed by atoms with Crippen LogP contribution in [0.15, 0.2) is 53.9 Å². The van der Waals surface area contributed by atoms with Crippen LogP contribution in [0.5, 0.6) is 11.5 Å². The minimum absolute atomic E-state index is 0.0677. The van der Waals surface area contributed by atoms with Gasteiger partial charge in [-0.1, -0.05) is 30.3 Å². The molecule has 2 rings (SSSR count). The van der Waals surface area contributed by atoms with Crippen molar-refractivity contribution in [3.8, 4) is 11.5 Å². The number of rotatable bonds is 8. The third-order valence-electron chi connectivity index (χ3n) is 3.78. The summed E-state index contributed by atoms with van der Waals surface area (Å²) in [5.41, 5.74) is 2.28. The quantitative estimate of drug-likeness (QED) is 0.760. The van der Waals surface area contributed by atoms with Gasteiger partial charge in [-0.25, -0.2) is 8.42 Å². The van der Waals surface area contributed by atoms with Gasteiger partial charge in [-0.05, 0) is 37.6 Å². The standard InChI is InChI=1S/C20H25NO4S/c1-5-25-20-13-17(11-12-19(20)24-3)18(14-26(4,22)23)21-15(2)16-9-7-6-8-10-16/h6-15,21H,5H2,1-4H3/b18-14+/t15-/m0/s1. The summed E-state index contributed by atoms with van der Waals surface area (Å²) in [5.74, 6) is 1.17. The van der Waals surface area contributed by atoms with Crippen LogP contribution in [0.2, 0.25) is 0 Å². The molecule has 0 fully saturated rings. The maximum Gasteiger partial charge on any atom is 0.170 e. The topological polar surface area (TPSA) is 64.6 Å². The smallest absolute Gasteiger partial charge is 0.170 e. The Morgan fingerprint density at radius 2 is 1.85 bits per heavy atom. The van der Waals surface area contributed by atoms with E-state index in [4.69, 9.17) is 9.47 Å². The second-order valence-corrected chi connectivity index (χ2v) is 7.83. The first kappa shape index (κ1) is 19.8. The Bertz CT molecular complexity index is 861.